The van der Waals surface area contributed by atoms with Crippen LogP contribution in [-0.2, 0) is 4.74 Å². The van der Waals surface area contributed by atoms with E-state index in [4.69, 9.17) is 10.00 Å². The highest BCUT2D eigenvalue weighted by molar-refractivity contribution is 5.58. The maximum atomic E-state index is 10.8. The molecular weight excluding hydrogens is 284 g/mol. The Morgan fingerprint density at radius 1 is 1.64 bits per heavy atom. The van der Waals surface area contributed by atoms with Gasteiger partial charge in [0.15, 0.2) is 0 Å². The summed E-state index contributed by atoms with van der Waals surface area (Å²) in [6, 6.07) is 7.06. The summed E-state index contributed by atoms with van der Waals surface area (Å²) in [7, 11) is 0. The zero-order chi connectivity index (χ0) is 16.1. The van der Waals surface area contributed by atoms with Gasteiger partial charge in [-0.05, 0) is 26.0 Å². The molecule has 1 saturated heterocycles. The summed E-state index contributed by atoms with van der Waals surface area (Å²) in [6.45, 7) is 7.34. The maximum absolute atomic E-state index is 10.8. The average Bonchev–Trinajstić information content (AvgIpc) is 2.52. The Kier molecular flexibility index (Phi) is 5.31. The van der Waals surface area contributed by atoms with E-state index >= 15 is 0 Å². The summed E-state index contributed by atoms with van der Waals surface area (Å²) in [5.74, 6) is 0. The zero-order valence-electron chi connectivity index (χ0n) is 12.8. The molecule has 0 unspecified atom stereocenters. The van der Waals surface area contributed by atoms with Gasteiger partial charge in [0.2, 0.25) is 0 Å². The minimum absolute atomic E-state index is 0.0717. The second kappa shape index (κ2) is 7.20. The van der Waals surface area contributed by atoms with Crippen LogP contribution < -0.4 is 5.32 Å². The molecular formula is C15H20N4O3. The summed E-state index contributed by atoms with van der Waals surface area (Å²) in [6.07, 6.45) is 0. The Morgan fingerprint density at radius 2 is 2.41 bits per heavy atom. The molecule has 1 N–H and O–H groups in total. The first-order chi connectivity index (χ1) is 10.5. The number of hydrogen-bond donors (Lipinski definition) is 1. The summed E-state index contributed by atoms with van der Waals surface area (Å²) in [5, 5.41) is 23.1. The molecule has 7 heteroatoms. The molecule has 1 aromatic rings. The van der Waals surface area contributed by atoms with E-state index in [1.807, 2.05) is 6.07 Å². The number of nitrogens with one attached hydrogen (secondary N) is 1. The third-order valence-electron chi connectivity index (χ3n) is 3.90. The number of nitro benzene ring substituents is 1. The second-order valence-electron chi connectivity index (χ2n) is 5.49. The molecule has 22 heavy (non-hydrogen) atoms. The van der Waals surface area contributed by atoms with E-state index in [2.05, 4.69) is 24.1 Å². The van der Waals surface area contributed by atoms with Gasteiger partial charge in [0.05, 0.1) is 18.1 Å². The van der Waals surface area contributed by atoms with Gasteiger partial charge in [-0.3, -0.25) is 15.0 Å². The van der Waals surface area contributed by atoms with Crippen LogP contribution in [-0.4, -0.2) is 48.2 Å². The number of rotatable bonds is 5. The first kappa shape index (κ1) is 16.2. The average molecular weight is 304 g/mol. The quantitative estimate of drug-likeness (QED) is 0.660. The molecule has 0 aliphatic carbocycles. The van der Waals surface area contributed by atoms with Crippen LogP contribution in [0.1, 0.15) is 19.4 Å². The lowest BCUT2D eigenvalue weighted by Gasteiger charge is -2.38. The number of nitrogens with zero attached hydrogens (tertiary/aromatic N) is 3. The van der Waals surface area contributed by atoms with Crippen LogP contribution in [0, 0.1) is 21.4 Å². The summed E-state index contributed by atoms with van der Waals surface area (Å²) < 4.78 is 5.43. The van der Waals surface area contributed by atoms with E-state index in [-0.39, 0.29) is 11.3 Å². The Bertz CT molecular complexity index is 585. The molecule has 7 nitrogen and oxygen atoms in total. The molecule has 0 spiro atoms. The van der Waals surface area contributed by atoms with E-state index < -0.39 is 4.92 Å². The molecule has 1 aliphatic heterocycles. The van der Waals surface area contributed by atoms with Gasteiger partial charge in [0.25, 0.3) is 5.69 Å². The third kappa shape index (κ3) is 3.72. The van der Waals surface area contributed by atoms with Crippen LogP contribution in [0.25, 0.3) is 0 Å². The summed E-state index contributed by atoms with van der Waals surface area (Å²) >= 11 is 0. The van der Waals surface area contributed by atoms with Crippen LogP contribution in [0.3, 0.4) is 0 Å². The van der Waals surface area contributed by atoms with Crippen molar-refractivity contribution in [2.75, 3.05) is 31.6 Å². The monoisotopic (exact) mass is 304 g/mol. The van der Waals surface area contributed by atoms with E-state index in [1.54, 1.807) is 6.07 Å². The van der Waals surface area contributed by atoms with Crippen molar-refractivity contribution in [3.8, 4) is 6.07 Å². The Hall–Kier alpha value is -2.17. The van der Waals surface area contributed by atoms with E-state index in [9.17, 15) is 10.1 Å². The molecule has 0 radical (unpaired) electrons. The normalized spacial score (nSPS) is 20.1. The Labute approximate surface area is 129 Å². The van der Waals surface area contributed by atoms with Crippen LogP contribution in [0.5, 0.6) is 0 Å². The smallest absolute Gasteiger partial charge is 0.287 e. The van der Waals surface area contributed by atoms with Crippen molar-refractivity contribution in [1.29, 1.82) is 5.26 Å². The molecule has 0 amide bonds. The molecule has 0 bridgehead atoms. The molecule has 1 aromatic carbocycles. The van der Waals surface area contributed by atoms with Gasteiger partial charge >= 0.3 is 0 Å². The van der Waals surface area contributed by atoms with Crippen LogP contribution in [0.15, 0.2) is 18.2 Å². The number of ether oxygens (including phenoxy) is 1. The first-order valence-electron chi connectivity index (χ1n) is 7.29. The molecule has 1 heterocycles. The lowest BCUT2D eigenvalue weighted by atomic mass is 10.1. The van der Waals surface area contributed by atoms with E-state index in [0.29, 0.717) is 18.6 Å². The highest BCUT2D eigenvalue weighted by atomic mass is 16.6. The number of nitro groups is 1. The highest BCUT2D eigenvalue weighted by Gasteiger charge is 2.23. The maximum Gasteiger partial charge on any atom is 0.287 e. The predicted molar refractivity (Wildman–Crippen MR) is 82.8 cm³/mol. The predicted octanol–water partition coefficient (Wildman–Crippen LogP) is 1.99. The lowest BCUT2D eigenvalue weighted by molar-refractivity contribution is -0.385. The van der Waals surface area contributed by atoms with Gasteiger partial charge in [0.1, 0.15) is 11.6 Å². The fourth-order valence-corrected chi connectivity index (χ4v) is 2.67. The Balaban J connectivity index is 1.99. The molecule has 1 aliphatic rings. The molecule has 0 saturated carbocycles. The first-order valence-corrected chi connectivity index (χ1v) is 7.29. The zero-order valence-corrected chi connectivity index (χ0v) is 12.8. The molecule has 2 rings (SSSR count). The fourth-order valence-electron chi connectivity index (χ4n) is 2.67. The third-order valence-corrected chi connectivity index (χ3v) is 3.90. The van der Waals surface area contributed by atoms with Crippen molar-refractivity contribution in [2.45, 2.75) is 25.9 Å². The molecule has 1 fully saturated rings. The van der Waals surface area contributed by atoms with Crippen molar-refractivity contribution in [1.82, 2.24) is 4.90 Å². The lowest BCUT2D eigenvalue weighted by Crippen LogP contribution is -2.50. The van der Waals surface area contributed by atoms with Crippen molar-refractivity contribution in [3.63, 3.8) is 0 Å². The minimum Gasteiger partial charge on any atom is -0.383 e. The van der Waals surface area contributed by atoms with E-state index in [1.165, 1.54) is 12.1 Å². The van der Waals surface area contributed by atoms with Crippen molar-refractivity contribution >= 4 is 11.4 Å². The topological polar surface area (TPSA) is 91.4 Å². The minimum atomic E-state index is -0.541. The second-order valence-corrected chi connectivity index (χ2v) is 5.49. The number of benzene rings is 1. The molecule has 118 valence electrons. The fraction of sp³-hybridized carbons (Fsp3) is 0.533. The van der Waals surface area contributed by atoms with Gasteiger partial charge in [-0.1, -0.05) is 0 Å². The summed E-state index contributed by atoms with van der Waals surface area (Å²) in [5.41, 5.74) is 0.625. The molecule has 0 aromatic heterocycles. The van der Waals surface area contributed by atoms with E-state index in [0.717, 1.165) is 25.4 Å². The van der Waals surface area contributed by atoms with Crippen molar-refractivity contribution in [2.24, 2.45) is 0 Å². The van der Waals surface area contributed by atoms with Crippen LogP contribution in [0.4, 0.5) is 11.4 Å². The van der Waals surface area contributed by atoms with Crippen molar-refractivity contribution < 1.29 is 9.66 Å². The van der Waals surface area contributed by atoms with Crippen LogP contribution in [0.2, 0.25) is 0 Å². The Morgan fingerprint density at radius 3 is 3.05 bits per heavy atom. The standard InChI is InChI=1S/C15H20N4O3/c1-11(18-5-6-22-10-12(18)2)9-17-14-3-4-15(19(20)21)13(7-14)8-16/h3-4,7,11-12,17H,5-6,9-10H2,1-2H3/t11-,12+/m1/s1. The number of morpholine rings is 1. The van der Waals surface area contributed by atoms with Crippen LogP contribution >= 0.6 is 0 Å². The van der Waals surface area contributed by atoms with Gasteiger partial charge in [0, 0.05) is 36.9 Å². The number of hydrogen-bond acceptors (Lipinski definition) is 6. The van der Waals surface area contributed by atoms with Crippen molar-refractivity contribution in [3.05, 3.63) is 33.9 Å². The largest absolute Gasteiger partial charge is 0.383 e. The number of nitriles is 1. The summed E-state index contributed by atoms with van der Waals surface area (Å²) in [4.78, 5) is 12.6. The van der Waals surface area contributed by atoms with Gasteiger partial charge < -0.3 is 10.1 Å². The van der Waals surface area contributed by atoms with Gasteiger partial charge in [-0.25, -0.2) is 0 Å². The number of anilines is 1. The SMILES string of the molecule is C[C@H](CNc1ccc([N+](=O)[O-])c(C#N)c1)N1CCOC[C@@H]1C. The van der Waals surface area contributed by atoms with Gasteiger partial charge in [-0.15, -0.1) is 0 Å². The van der Waals surface area contributed by atoms with Gasteiger partial charge in [-0.2, -0.15) is 5.26 Å². The molecule has 2 atom stereocenters. The highest BCUT2D eigenvalue weighted by Crippen LogP contribution is 2.22.